The Labute approximate surface area is 105 Å². The van der Waals surface area contributed by atoms with Crippen molar-refractivity contribution in [2.45, 2.75) is 12.5 Å². The van der Waals surface area contributed by atoms with Crippen LogP contribution in [0.1, 0.15) is 16.1 Å². The summed E-state index contributed by atoms with van der Waals surface area (Å²) in [6.07, 6.45) is 2.38. The Balaban J connectivity index is 2.00. The van der Waals surface area contributed by atoms with Crippen molar-refractivity contribution >= 4 is 11.6 Å². The van der Waals surface area contributed by atoms with E-state index >= 15 is 0 Å². The van der Waals surface area contributed by atoms with Gasteiger partial charge in [0.05, 0.1) is 0 Å². The van der Waals surface area contributed by atoms with E-state index in [0.29, 0.717) is 12.2 Å². The molecule has 1 aliphatic heterocycles. The Morgan fingerprint density at radius 2 is 2.22 bits per heavy atom. The molecule has 1 unspecified atom stereocenters. The van der Waals surface area contributed by atoms with Crippen molar-refractivity contribution in [2.75, 3.05) is 11.4 Å². The zero-order valence-corrected chi connectivity index (χ0v) is 9.84. The highest BCUT2D eigenvalue weighted by Crippen LogP contribution is 2.27. The highest BCUT2D eigenvalue weighted by Gasteiger charge is 2.27. The maximum atomic E-state index is 12.4. The standard InChI is InChI=1S/C13H14N4O/c14-10-7-9-3-1-2-4-12(9)17(8-10)13(18)11-5-6-15-16-11/h1-6,10H,7-8,14H2,(H,15,16). The second kappa shape index (κ2) is 4.27. The number of hydrogen-bond acceptors (Lipinski definition) is 3. The lowest BCUT2D eigenvalue weighted by molar-refractivity contribution is 0.0978. The van der Waals surface area contributed by atoms with Crippen LogP contribution in [0.25, 0.3) is 0 Å². The minimum atomic E-state index is -0.0879. The number of nitrogens with two attached hydrogens (primary N) is 1. The van der Waals surface area contributed by atoms with E-state index in [9.17, 15) is 4.79 Å². The molecule has 1 atom stereocenters. The SMILES string of the molecule is NC1Cc2ccccc2N(C(=O)c2ccn[nH]2)C1. The van der Waals surface area contributed by atoms with Crippen molar-refractivity contribution in [3.63, 3.8) is 0 Å². The number of hydrogen-bond donors (Lipinski definition) is 2. The Bertz CT molecular complexity index is 564. The first-order valence-corrected chi connectivity index (χ1v) is 5.90. The summed E-state index contributed by atoms with van der Waals surface area (Å²) >= 11 is 0. The second-order valence-electron chi connectivity index (χ2n) is 4.48. The lowest BCUT2D eigenvalue weighted by Gasteiger charge is -2.32. The van der Waals surface area contributed by atoms with Gasteiger partial charge in [0.2, 0.25) is 0 Å². The molecule has 0 spiro atoms. The number of fused-ring (bicyclic) bond motifs is 1. The number of benzene rings is 1. The van der Waals surface area contributed by atoms with Gasteiger partial charge in [-0.15, -0.1) is 0 Å². The highest BCUT2D eigenvalue weighted by molar-refractivity contribution is 6.05. The van der Waals surface area contributed by atoms with Gasteiger partial charge in [-0.2, -0.15) is 5.10 Å². The summed E-state index contributed by atoms with van der Waals surface area (Å²) in [5, 5.41) is 6.51. The van der Waals surface area contributed by atoms with Crippen LogP contribution in [0.5, 0.6) is 0 Å². The Kier molecular flexibility index (Phi) is 2.60. The third-order valence-electron chi connectivity index (χ3n) is 3.16. The zero-order chi connectivity index (χ0) is 12.5. The molecule has 1 amide bonds. The summed E-state index contributed by atoms with van der Waals surface area (Å²) in [5.74, 6) is -0.0879. The maximum absolute atomic E-state index is 12.4. The number of para-hydroxylation sites is 1. The van der Waals surface area contributed by atoms with E-state index in [0.717, 1.165) is 17.7 Å². The number of carbonyl (C=O) groups is 1. The average Bonchev–Trinajstić information content (AvgIpc) is 2.90. The summed E-state index contributed by atoms with van der Waals surface area (Å²) in [5.41, 5.74) is 8.55. The number of H-pyrrole nitrogens is 1. The molecule has 1 aliphatic rings. The summed E-state index contributed by atoms with van der Waals surface area (Å²) in [7, 11) is 0. The molecule has 0 radical (unpaired) electrons. The first-order chi connectivity index (χ1) is 8.75. The number of nitrogens with zero attached hydrogens (tertiary/aromatic N) is 2. The predicted octanol–water partition coefficient (Wildman–Crippen LogP) is 0.940. The van der Waals surface area contributed by atoms with Crippen LogP contribution in [0.3, 0.4) is 0 Å². The molecule has 0 saturated heterocycles. The Morgan fingerprint density at radius 1 is 1.39 bits per heavy atom. The molecule has 3 N–H and O–H groups in total. The lowest BCUT2D eigenvalue weighted by atomic mass is 9.98. The molecule has 0 fully saturated rings. The highest BCUT2D eigenvalue weighted by atomic mass is 16.2. The molecular formula is C13H14N4O. The van der Waals surface area contributed by atoms with Crippen LogP contribution >= 0.6 is 0 Å². The minimum Gasteiger partial charge on any atom is -0.326 e. The molecule has 92 valence electrons. The summed E-state index contributed by atoms with van der Waals surface area (Å²) in [6, 6.07) is 9.52. The van der Waals surface area contributed by atoms with Gasteiger partial charge in [0, 0.05) is 24.5 Å². The third kappa shape index (κ3) is 1.78. The van der Waals surface area contributed by atoms with Crippen molar-refractivity contribution in [3.8, 4) is 0 Å². The molecular weight excluding hydrogens is 228 g/mol. The lowest BCUT2D eigenvalue weighted by Crippen LogP contribution is -2.46. The topological polar surface area (TPSA) is 75.0 Å². The summed E-state index contributed by atoms with van der Waals surface area (Å²) < 4.78 is 0. The van der Waals surface area contributed by atoms with Crippen molar-refractivity contribution < 1.29 is 4.79 Å². The van der Waals surface area contributed by atoms with Gasteiger partial charge in [-0.1, -0.05) is 18.2 Å². The molecule has 5 nitrogen and oxygen atoms in total. The van der Waals surface area contributed by atoms with Gasteiger partial charge in [0.25, 0.3) is 5.91 Å². The monoisotopic (exact) mass is 242 g/mol. The van der Waals surface area contributed by atoms with E-state index in [1.165, 1.54) is 0 Å². The third-order valence-corrected chi connectivity index (χ3v) is 3.16. The van der Waals surface area contributed by atoms with Crippen molar-refractivity contribution in [1.82, 2.24) is 10.2 Å². The first kappa shape index (κ1) is 11.0. The molecule has 0 bridgehead atoms. The predicted molar refractivity (Wildman–Crippen MR) is 68.4 cm³/mol. The minimum absolute atomic E-state index is 0.0215. The number of anilines is 1. The van der Waals surface area contributed by atoms with E-state index in [-0.39, 0.29) is 11.9 Å². The number of aromatic nitrogens is 2. The number of amides is 1. The van der Waals surface area contributed by atoms with Gasteiger partial charge in [-0.05, 0) is 24.1 Å². The van der Waals surface area contributed by atoms with Gasteiger partial charge in [0.1, 0.15) is 5.69 Å². The van der Waals surface area contributed by atoms with Crippen LogP contribution in [0.2, 0.25) is 0 Å². The van der Waals surface area contributed by atoms with Gasteiger partial charge in [-0.3, -0.25) is 9.89 Å². The van der Waals surface area contributed by atoms with E-state index in [2.05, 4.69) is 10.2 Å². The number of aromatic amines is 1. The zero-order valence-electron chi connectivity index (χ0n) is 9.84. The van der Waals surface area contributed by atoms with Crippen LogP contribution in [0.4, 0.5) is 5.69 Å². The van der Waals surface area contributed by atoms with Gasteiger partial charge in [-0.25, -0.2) is 0 Å². The van der Waals surface area contributed by atoms with Crippen molar-refractivity contribution in [1.29, 1.82) is 0 Å². The van der Waals surface area contributed by atoms with Crippen LogP contribution in [-0.4, -0.2) is 28.7 Å². The van der Waals surface area contributed by atoms with E-state index in [1.54, 1.807) is 17.2 Å². The molecule has 5 heteroatoms. The van der Waals surface area contributed by atoms with Gasteiger partial charge >= 0.3 is 0 Å². The average molecular weight is 242 g/mol. The molecule has 3 rings (SSSR count). The number of nitrogens with one attached hydrogen (secondary N) is 1. The molecule has 2 aromatic rings. The fourth-order valence-corrected chi connectivity index (χ4v) is 2.34. The van der Waals surface area contributed by atoms with Crippen LogP contribution < -0.4 is 10.6 Å². The maximum Gasteiger partial charge on any atom is 0.276 e. The van der Waals surface area contributed by atoms with Crippen LogP contribution in [0, 0.1) is 0 Å². The molecule has 18 heavy (non-hydrogen) atoms. The Hall–Kier alpha value is -2.14. The molecule has 1 aromatic carbocycles. The number of carbonyl (C=O) groups excluding carboxylic acids is 1. The molecule has 1 aromatic heterocycles. The normalized spacial score (nSPS) is 18.5. The molecule has 0 aliphatic carbocycles. The van der Waals surface area contributed by atoms with Crippen molar-refractivity contribution in [3.05, 3.63) is 47.8 Å². The second-order valence-corrected chi connectivity index (χ2v) is 4.48. The fourth-order valence-electron chi connectivity index (χ4n) is 2.34. The van der Waals surface area contributed by atoms with Gasteiger partial charge in [0.15, 0.2) is 0 Å². The number of rotatable bonds is 1. The van der Waals surface area contributed by atoms with Crippen molar-refractivity contribution in [2.24, 2.45) is 5.73 Å². The fraction of sp³-hybridized carbons (Fsp3) is 0.231. The first-order valence-electron chi connectivity index (χ1n) is 5.90. The van der Waals surface area contributed by atoms with Gasteiger partial charge < -0.3 is 10.6 Å². The van der Waals surface area contributed by atoms with E-state index < -0.39 is 0 Å². The van der Waals surface area contributed by atoms with E-state index in [1.807, 2.05) is 24.3 Å². The van der Waals surface area contributed by atoms with Crippen LogP contribution in [-0.2, 0) is 6.42 Å². The molecule has 2 heterocycles. The van der Waals surface area contributed by atoms with E-state index in [4.69, 9.17) is 5.73 Å². The Morgan fingerprint density at radius 3 is 3.00 bits per heavy atom. The molecule has 0 saturated carbocycles. The largest absolute Gasteiger partial charge is 0.326 e. The quantitative estimate of drug-likeness (QED) is 0.781. The summed E-state index contributed by atoms with van der Waals surface area (Å²) in [6.45, 7) is 0.537. The van der Waals surface area contributed by atoms with Crippen LogP contribution in [0.15, 0.2) is 36.5 Å². The summed E-state index contributed by atoms with van der Waals surface area (Å²) in [4.78, 5) is 14.1. The smallest absolute Gasteiger partial charge is 0.276 e.